The predicted molar refractivity (Wildman–Crippen MR) is 53.5 cm³/mol. The van der Waals surface area contributed by atoms with E-state index in [4.69, 9.17) is 4.74 Å². The zero-order chi connectivity index (χ0) is 9.40. The Balaban J connectivity index is 4.85. The SMILES string of the molecule is C=CC(/C=C\C)=C(/C=N\C)OC. The van der Waals surface area contributed by atoms with E-state index in [-0.39, 0.29) is 0 Å². The third-order valence-corrected chi connectivity index (χ3v) is 1.32. The van der Waals surface area contributed by atoms with Crippen LogP contribution in [0.3, 0.4) is 0 Å². The normalized spacial score (nSPS) is 13.6. The second-order valence-electron chi connectivity index (χ2n) is 2.12. The van der Waals surface area contributed by atoms with Gasteiger partial charge in [0.15, 0.2) is 0 Å². The molecule has 0 bridgehead atoms. The Kier molecular flexibility index (Phi) is 5.70. The second kappa shape index (κ2) is 6.40. The first-order chi connectivity index (χ1) is 5.79. The molecule has 2 heteroatoms. The van der Waals surface area contributed by atoms with Gasteiger partial charge in [0, 0.05) is 12.6 Å². The van der Waals surface area contributed by atoms with Gasteiger partial charge in [-0.25, -0.2) is 0 Å². The fourth-order valence-electron chi connectivity index (χ4n) is 0.793. The van der Waals surface area contributed by atoms with Gasteiger partial charge in [-0.2, -0.15) is 0 Å². The summed E-state index contributed by atoms with van der Waals surface area (Å²) in [6, 6.07) is 0. The summed E-state index contributed by atoms with van der Waals surface area (Å²) < 4.78 is 5.10. The van der Waals surface area contributed by atoms with E-state index in [0.29, 0.717) is 0 Å². The molecule has 0 heterocycles. The van der Waals surface area contributed by atoms with E-state index in [1.165, 1.54) is 0 Å². The molecular weight excluding hydrogens is 150 g/mol. The van der Waals surface area contributed by atoms with Crippen LogP contribution in [0.4, 0.5) is 0 Å². The number of allylic oxidation sites excluding steroid dienone is 5. The Morgan fingerprint density at radius 3 is 2.50 bits per heavy atom. The molecule has 0 saturated heterocycles. The fourth-order valence-corrected chi connectivity index (χ4v) is 0.793. The standard InChI is InChI=1S/C10H15NO/c1-5-7-9(6-2)10(12-4)8-11-3/h5-8H,2H2,1,3-4H3/b7-5-,10-9+,11-8-. The van der Waals surface area contributed by atoms with Crippen molar-refractivity contribution in [1.29, 1.82) is 0 Å². The lowest BCUT2D eigenvalue weighted by Gasteiger charge is -2.02. The number of hydrogen-bond acceptors (Lipinski definition) is 2. The molecule has 0 fully saturated rings. The highest BCUT2D eigenvalue weighted by atomic mass is 16.5. The highest BCUT2D eigenvalue weighted by Crippen LogP contribution is 2.06. The summed E-state index contributed by atoms with van der Waals surface area (Å²) >= 11 is 0. The van der Waals surface area contributed by atoms with Crippen LogP contribution in [0.1, 0.15) is 6.92 Å². The average Bonchev–Trinajstić information content (AvgIpc) is 2.11. The van der Waals surface area contributed by atoms with Crippen LogP contribution in [0.2, 0.25) is 0 Å². The van der Waals surface area contributed by atoms with E-state index in [0.717, 1.165) is 11.3 Å². The number of nitrogens with zero attached hydrogens (tertiary/aromatic N) is 1. The number of hydrogen-bond donors (Lipinski definition) is 0. The molecule has 0 aliphatic heterocycles. The first kappa shape index (κ1) is 10.7. The largest absolute Gasteiger partial charge is 0.495 e. The van der Waals surface area contributed by atoms with Crippen molar-refractivity contribution in [3.63, 3.8) is 0 Å². The van der Waals surface area contributed by atoms with Crippen molar-refractivity contribution in [2.75, 3.05) is 14.2 Å². The molecular formula is C10H15NO. The Bertz CT molecular complexity index is 224. The molecule has 0 rings (SSSR count). The Morgan fingerprint density at radius 2 is 2.17 bits per heavy atom. The third-order valence-electron chi connectivity index (χ3n) is 1.32. The van der Waals surface area contributed by atoms with Crippen LogP contribution in [0, 0.1) is 0 Å². The van der Waals surface area contributed by atoms with Crippen LogP contribution in [0.25, 0.3) is 0 Å². The van der Waals surface area contributed by atoms with Gasteiger partial charge in [-0.05, 0) is 6.92 Å². The van der Waals surface area contributed by atoms with Gasteiger partial charge < -0.3 is 4.74 Å². The van der Waals surface area contributed by atoms with Gasteiger partial charge in [0.05, 0.1) is 13.3 Å². The molecule has 0 aromatic heterocycles. The zero-order valence-corrected chi connectivity index (χ0v) is 7.87. The van der Waals surface area contributed by atoms with Crippen LogP contribution in [-0.4, -0.2) is 20.4 Å². The topological polar surface area (TPSA) is 21.6 Å². The van der Waals surface area contributed by atoms with Gasteiger partial charge in [0.1, 0.15) is 5.76 Å². The molecule has 12 heavy (non-hydrogen) atoms. The first-order valence-electron chi connectivity index (χ1n) is 3.75. The number of methoxy groups -OCH3 is 1. The predicted octanol–water partition coefficient (Wildman–Crippen LogP) is 2.35. The van der Waals surface area contributed by atoms with Gasteiger partial charge in [-0.15, -0.1) is 0 Å². The minimum atomic E-state index is 0.727. The van der Waals surface area contributed by atoms with Gasteiger partial charge in [-0.3, -0.25) is 4.99 Å². The van der Waals surface area contributed by atoms with E-state index in [9.17, 15) is 0 Å². The van der Waals surface area contributed by atoms with Gasteiger partial charge in [-0.1, -0.05) is 24.8 Å². The van der Waals surface area contributed by atoms with Crippen molar-refractivity contribution in [2.24, 2.45) is 4.99 Å². The molecule has 2 nitrogen and oxygen atoms in total. The molecule has 0 unspecified atom stereocenters. The smallest absolute Gasteiger partial charge is 0.143 e. The third kappa shape index (κ3) is 3.19. The molecule has 0 saturated carbocycles. The van der Waals surface area contributed by atoms with E-state index in [2.05, 4.69) is 11.6 Å². The molecule has 0 atom stereocenters. The van der Waals surface area contributed by atoms with Gasteiger partial charge in [0.25, 0.3) is 0 Å². The van der Waals surface area contributed by atoms with Crippen LogP contribution in [-0.2, 0) is 4.74 Å². The summed E-state index contributed by atoms with van der Waals surface area (Å²) in [5.41, 5.74) is 0.936. The summed E-state index contributed by atoms with van der Waals surface area (Å²) in [5, 5.41) is 0. The Morgan fingerprint density at radius 1 is 1.50 bits per heavy atom. The van der Waals surface area contributed by atoms with Gasteiger partial charge >= 0.3 is 0 Å². The number of ether oxygens (including phenoxy) is 1. The zero-order valence-electron chi connectivity index (χ0n) is 7.87. The first-order valence-corrected chi connectivity index (χ1v) is 3.75. The molecule has 0 aliphatic carbocycles. The van der Waals surface area contributed by atoms with E-state index < -0.39 is 0 Å². The quantitative estimate of drug-likeness (QED) is 0.356. The maximum atomic E-state index is 5.10. The minimum Gasteiger partial charge on any atom is -0.495 e. The van der Waals surface area contributed by atoms with Crippen molar-refractivity contribution < 1.29 is 4.74 Å². The summed E-state index contributed by atoms with van der Waals surface area (Å²) in [4.78, 5) is 3.87. The van der Waals surface area contributed by atoms with E-state index in [1.807, 2.05) is 19.1 Å². The lowest BCUT2D eigenvalue weighted by Crippen LogP contribution is -1.92. The Hall–Kier alpha value is -1.31. The molecule has 0 amide bonds. The van der Waals surface area contributed by atoms with Crippen molar-refractivity contribution in [3.05, 3.63) is 36.1 Å². The molecule has 0 aliphatic rings. The monoisotopic (exact) mass is 165 g/mol. The van der Waals surface area contributed by atoms with Crippen molar-refractivity contribution >= 4 is 6.21 Å². The molecule has 0 aromatic carbocycles. The lowest BCUT2D eigenvalue weighted by molar-refractivity contribution is 0.315. The van der Waals surface area contributed by atoms with E-state index in [1.54, 1.807) is 26.4 Å². The van der Waals surface area contributed by atoms with Gasteiger partial charge in [0.2, 0.25) is 0 Å². The summed E-state index contributed by atoms with van der Waals surface area (Å²) in [6.45, 7) is 5.62. The maximum Gasteiger partial charge on any atom is 0.143 e. The van der Waals surface area contributed by atoms with E-state index >= 15 is 0 Å². The molecule has 0 aromatic rings. The fraction of sp³-hybridized carbons (Fsp3) is 0.300. The summed E-state index contributed by atoms with van der Waals surface area (Å²) in [6.07, 6.45) is 7.25. The average molecular weight is 165 g/mol. The van der Waals surface area contributed by atoms with Crippen molar-refractivity contribution in [2.45, 2.75) is 6.92 Å². The summed E-state index contributed by atoms with van der Waals surface area (Å²) in [7, 11) is 3.32. The molecule has 0 N–H and O–H groups in total. The molecule has 0 radical (unpaired) electrons. The maximum absolute atomic E-state index is 5.10. The highest BCUT2D eigenvalue weighted by molar-refractivity contribution is 5.78. The molecule has 0 spiro atoms. The van der Waals surface area contributed by atoms with Crippen LogP contribution in [0.15, 0.2) is 41.1 Å². The molecule has 66 valence electrons. The highest BCUT2D eigenvalue weighted by Gasteiger charge is 1.95. The van der Waals surface area contributed by atoms with Crippen LogP contribution < -0.4 is 0 Å². The van der Waals surface area contributed by atoms with Crippen molar-refractivity contribution in [1.82, 2.24) is 0 Å². The van der Waals surface area contributed by atoms with Crippen molar-refractivity contribution in [3.8, 4) is 0 Å². The minimum absolute atomic E-state index is 0.727. The lowest BCUT2D eigenvalue weighted by atomic mass is 10.2. The number of rotatable bonds is 4. The summed E-state index contributed by atoms with van der Waals surface area (Å²) in [5.74, 6) is 0.727. The number of aliphatic imine (C=N–C) groups is 1. The second-order valence-corrected chi connectivity index (χ2v) is 2.12. The van der Waals surface area contributed by atoms with Crippen LogP contribution >= 0.6 is 0 Å². The van der Waals surface area contributed by atoms with Crippen LogP contribution in [0.5, 0.6) is 0 Å². The Labute approximate surface area is 74.0 Å².